The summed E-state index contributed by atoms with van der Waals surface area (Å²) in [4.78, 5) is 14.6. The average Bonchev–Trinajstić information content (AvgIpc) is 3.23. The smallest absolute Gasteiger partial charge is 0.226 e. The molecule has 1 aromatic heterocycles. The minimum absolute atomic E-state index is 0.272. The fourth-order valence-electron chi connectivity index (χ4n) is 3.84. The van der Waals surface area contributed by atoms with Crippen LogP contribution in [0.25, 0.3) is 0 Å². The minimum atomic E-state index is 0.272. The fourth-order valence-corrected chi connectivity index (χ4v) is 3.84. The van der Waals surface area contributed by atoms with Crippen LogP contribution in [0.1, 0.15) is 42.6 Å². The Morgan fingerprint density at radius 3 is 2.70 bits per heavy atom. The van der Waals surface area contributed by atoms with E-state index in [1.165, 1.54) is 24.1 Å². The number of benzene rings is 1. The van der Waals surface area contributed by atoms with E-state index < -0.39 is 0 Å². The summed E-state index contributed by atoms with van der Waals surface area (Å²) in [5, 5.41) is 4.72. The van der Waals surface area contributed by atoms with Crippen LogP contribution in [0, 0.1) is 5.92 Å². The third-order valence-electron chi connectivity index (χ3n) is 5.09. The van der Waals surface area contributed by atoms with Crippen LogP contribution >= 0.6 is 0 Å². The number of amides is 1. The van der Waals surface area contributed by atoms with Crippen LogP contribution in [0.15, 0.2) is 36.4 Å². The van der Waals surface area contributed by atoms with E-state index in [4.69, 9.17) is 5.10 Å². The van der Waals surface area contributed by atoms with Crippen molar-refractivity contribution in [3.05, 3.63) is 53.3 Å². The maximum Gasteiger partial charge on any atom is 0.226 e. The predicted molar refractivity (Wildman–Crippen MR) is 88.9 cm³/mol. The van der Waals surface area contributed by atoms with Crippen molar-refractivity contribution >= 4 is 5.91 Å². The molecule has 4 heteroatoms. The quantitative estimate of drug-likeness (QED) is 0.874. The monoisotopic (exact) mass is 309 g/mol. The van der Waals surface area contributed by atoms with E-state index in [0.29, 0.717) is 5.91 Å². The molecule has 23 heavy (non-hydrogen) atoms. The Labute approximate surface area is 137 Å². The first-order valence-electron chi connectivity index (χ1n) is 8.68. The molecule has 2 aromatic rings. The Kier molecular flexibility index (Phi) is 3.90. The third-order valence-corrected chi connectivity index (χ3v) is 5.09. The summed E-state index contributed by atoms with van der Waals surface area (Å²) in [6, 6.07) is 12.6. The van der Waals surface area contributed by atoms with Crippen LogP contribution < -0.4 is 0 Å². The maximum atomic E-state index is 12.6. The van der Waals surface area contributed by atoms with Crippen molar-refractivity contribution in [2.24, 2.45) is 5.92 Å². The van der Waals surface area contributed by atoms with E-state index in [-0.39, 0.29) is 5.92 Å². The van der Waals surface area contributed by atoms with Gasteiger partial charge in [0.1, 0.15) is 0 Å². The molecule has 0 radical (unpaired) electrons. The standard InChI is InChI=1S/C19H23N3O/c23-19(16-8-4-5-9-16)21-10-11-22-18(14-21)13-17(20-22)12-15-6-2-1-3-7-15/h1-3,6-7,13,16H,4-5,8-12,14H2. The summed E-state index contributed by atoms with van der Waals surface area (Å²) >= 11 is 0. The van der Waals surface area contributed by atoms with Crippen LogP contribution in [0.3, 0.4) is 0 Å². The number of carbonyl (C=O) groups excluding carboxylic acids is 1. The molecule has 1 aliphatic heterocycles. The lowest BCUT2D eigenvalue weighted by atomic mass is 10.1. The molecular formula is C19H23N3O. The molecule has 1 aromatic carbocycles. The van der Waals surface area contributed by atoms with Gasteiger partial charge in [0.25, 0.3) is 0 Å². The molecule has 2 aliphatic rings. The number of nitrogens with zero attached hydrogens (tertiary/aromatic N) is 3. The van der Waals surface area contributed by atoms with Crippen LogP contribution in [-0.4, -0.2) is 27.1 Å². The second-order valence-corrected chi connectivity index (χ2v) is 6.75. The molecular weight excluding hydrogens is 286 g/mol. The zero-order valence-electron chi connectivity index (χ0n) is 13.4. The predicted octanol–water partition coefficient (Wildman–Crippen LogP) is 3.01. The Morgan fingerprint density at radius 1 is 1.13 bits per heavy atom. The molecule has 1 saturated carbocycles. The van der Waals surface area contributed by atoms with Gasteiger partial charge in [-0.05, 0) is 24.5 Å². The van der Waals surface area contributed by atoms with Crippen LogP contribution in [0.4, 0.5) is 0 Å². The third kappa shape index (κ3) is 3.03. The largest absolute Gasteiger partial charge is 0.335 e. The Morgan fingerprint density at radius 2 is 1.91 bits per heavy atom. The number of carbonyl (C=O) groups is 1. The number of rotatable bonds is 3. The lowest BCUT2D eigenvalue weighted by Crippen LogP contribution is -2.41. The van der Waals surface area contributed by atoms with Gasteiger partial charge in [-0.25, -0.2) is 0 Å². The maximum absolute atomic E-state index is 12.6. The van der Waals surface area contributed by atoms with Crippen molar-refractivity contribution in [2.75, 3.05) is 6.54 Å². The summed E-state index contributed by atoms with van der Waals surface area (Å²) in [6.45, 7) is 2.34. The topological polar surface area (TPSA) is 38.1 Å². The molecule has 0 unspecified atom stereocenters. The molecule has 1 fully saturated rings. The molecule has 0 N–H and O–H groups in total. The Balaban J connectivity index is 1.46. The van der Waals surface area contributed by atoms with E-state index in [9.17, 15) is 4.79 Å². The summed E-state index contributed by atoms with van der Waals surface area (Å²) < 4.78 is 2.08. The Hall–Kier alpha value is -2.10. The first-order chi connectivity index (χ1) is 11.3. The van der Waals surface area contributed by atoms with Crippen molar-refractivity contribution in [3.63, 3.8) is 0 Å². The zero-order valence-corrected chi connectivity index (χ0v) is 13.4. The molecule has 120 valence electrons. The van der Waals surface area contributed by atoms with Crippen molar-refractivity contribution < 1.29 is 4.79 Å². The van der Waals surface area contributed by atoms with E-state index in [0.717, 1.165) is 44.6 Å². The lowest BCUT2D eigenvalue weighted by molar-refractivity contribution is -0.136. The van der Waals surface area contributed by atoms with Crippen LogP contribution in [-0.2, 0) is 24.3 Å². The molecule has 4 rings (SSSR count). The highest BCUT2D eigenvalue weighted by atomic mass is 16.2. The highest BCUT2D eigenvalue weighted by molar-refractivity contribution is 5.79. The van der Waals surface area contributed by atoms with Gasteiger partial charge >= 0.3 is 0 Å². The van der Waals surface area contributed by atoms with Gasteiger partial charge in [0.05, 0.1) is 24.5 Å². The van der Waals surface area contributed by atoms with E-state index in [1.54, 1.807) is 0 Å². The molecule has 0 atom stereocenters. The van der Waals surface area contributed by atoms with Crippen molar-refractivity contribution in [2.45, 2.75) is 45.2 Å². The second-order valence-electron chi connectivity index (χ2n) is 6.75. The second kappa shape index (κ2) is 6.19. The van der Waals surface area contributed by atoms with Crippen molar-refractivity contribution in [1.29, 1.82) is 0 Å². The summed E-state index contributed by atoms with van der Waals surface area (Å²) in [7, 11) is 0. The van der Waals surface area contributed by atoms with E-state index in [2.05, 4.69) is 35.0 Å². The molecule has 0 bridgehead atoms. The number of hydrogen-bond donors (Lipinski definition) is 0. The highest BCUT2D eigenvalue weighted by Gasteiger charge is 2.29. The van der Waals surface area contributed by atoms with Gasteiger partial charge in [-0.2, -0.15) is 5.10 Å². The number of aromatic nitrogens is 2. The van der Waals surface area contributed by atoms with Crippen molar-refractivity contribution in [3.8, 4) is 0 Å². The van der Waals surface area contributed by atoms with Gasteiger partial charge in [-0.3, -0.25) is 9.48 Å². The normalized spacial score (nSPS) is 18.2. The average molecular weight is 309 g/mol. The first-order valence-corrected chi connectivity index (χ1v) is 8.68. The molecule has 0 saturated heterocycles. The van der Waals surface area contributed by atoms with Gasteiger partial charge < -0.3 is 4.90 Å². The van der Waals surface area contributed by atoms with Crippen molar-refractivity contribution in [1.82, 2.24) is 14.7 Å². The Bertz CT molecular complexity index is 686. The van der Waals surface area contributed by atoms with Crippen LogP contribution in [0.2, 0.25) is 0 Å². The molecule has 2 heterocycles. The SMILES string of the molecule is O=C(C1CCCC1)N1CCn2nc(Cc3ccccc3)cc2C1. The minimum Gasteiger partial charge on any atom is -0.335 e. The summed E-state index contributed by atoms with van der Waals surface area (Å²) in [5.41, 5.74) is 3.55. The lowest BCUT2D eigenvalue weighted by Gasteiger charge is -2.29. The highest BCUT2D eigenvalue weighted by Crippen LogP contribution is 2.28. The zero-order chi connectivity index (χ0) is 15.6. The molecule has 1 aliphatic carbocycles. The summed E-state index contributed by atoms with van der Waals surface area (Å²) in [6.07, 6.45) is 5.44. The molecule has 4 nitrogen and oxygen atoms in total. The van der Waals surface area contributed by atoms with Gasteiger partial charge in [-0.1, -0.05) is 43.2 Å². The van der Waals surface area contributed by atoms with Gasteiger partial charge in [0.2, 0.25) is 5.91 Å². The van der Waals surface area contributed by atoms with Crippen LogP contribution in [0.5, 0.6) is 0 Å². The van der Waals surface area contributed by atoms with E-state index in [1.807, 2.05) is 11.0 Å². The number of fused-ring (bicyclic) bond motifs is 1. The molecule has 1 amide bonds. The van der Waals surface area contributed by atoms with Gasteiger partial charge in [0, 0.05) is 18.9 Å². The van der Waals surface area contributed by atoms with E-state index >= 15 is 0 Å². The fraction of sp³-hybridized carbons (Fsp3) is 0.474. The number of hydrogen-bond acceptors (Lipinski definition) is 2. The van der Waals surface area contributed by atoms with Gasteiger partial charge in [0.15, 0.2) is 0 Å². The molecule has 0 spiro atoms. The van der Waals surface area contributed by atoms with Gasteiger partial charge in [-0.15, -0.1) is 0 Å². The first kappa shape index (κ1) is 14.5. The summed E-state index contributed by atoms with van der Waals surface area (Å²) in [5.74, 6) is 0.632.